The first-order chi connectivity index (χ1) is 14.3. The number of hydrogen-bond acceptors (Lipinski definition) is 5. The second-order valence-corrected chi connectivity index (χ2v) is 7.33. The van der Waals surface area contributed by atoms with E-state index in [4.69, 9.17) is 4.42 Å². The maximum absolute atomic E-state index is 13.6. The molecule has 0 saturated heterocycles. The summed E-state index contributed by atoms with van der Waals surface area (Å²) in [5, 5.41) is 4.34. The fraction of sp³-hybridized carbons (Fsp3) is 0.273. The average molecular weight is 487 g/mol. The van der Waals surface area contributed by atoms with E-state index in [9.17, 15) is 13.2 Å². The summed E-state index contributed by atoms with van der Waals surface area (Å²) in [5.41, 5.74) is -0.317. The molecule has 0 aliphatic heterocycles. The van der Waals surface area contributed by atoms with Gasteiger partial charge in [-0.25, -0.2) is 9.97 Å². The summed E-state index contributed by atoms with van der Waals surface area (Å²) in [5.74, 6) is 0.803. The number of furan rings is 1. The molecule has 5 nitrogen and oxygen atoms in total. The van der Waals surface area contributed by atoms with Gasteiger partial charge >= 0.3 is 6.18 Å². The van der Waals surface area contributed by atoms with Crippen molar-refractivity contribution in [2.75, 3.05) is 32.5 Å². The summed E-state index contributed by atoms with van der Waals surface area (Å²) >= 11 is 0. The number of para-hydroxylation sites is 2. The van der Waals surface area contributed by atoms with E-state index in [2.05, 4.69) is 15.3 Å². The number of rotatable bonds is 6. The van der Waals surface area contributed by atoms with Crippen molar-refractivity contribution in [1.82, 2.24) is 14.9 Å². The second kappa shape index (κ2) is 10.4. The first-order valence-electron chi connectivity index (χ1n) is 9.58. The van der Waals surface area contributed by atoms with Crippen molar-refractivity contribution < 1.29 is 17.6 Å². The summed E-state index contributed by atoms with van der Waals surface area (Å²) < 4.78 is 46.7. The number of alkyl halides is 3. The maximum atomic E-state index is 13.6. The molecule has 32 heavy (non-hydrogen) atoms. The molecule has 0 aliphatic rings. The van der Waals surface area contributed by atoms with Crippen LogP contribution in [-0.4, -0.2) is 42.1 Å². The molecule has 0 bridgehead atoms. The minimum absolute atomic E-state index is 0. The third-order valence-electron chi connectivity index (χ3n) is 4.75. The molecule has 0 spiro atoms. The van der Waals surface area contributed by atoms with Gasteiger partial charge in [-0.15, -0.1) is 24.8 Å². The van der Waals surface area contributed by atoms with Crippen LogP contribution >= 0.6 is 24.8 Å². The Morgan fingerprint density at radius 1 is 1.00 bits per heavy atom. The summed E-state index contributed by atoms with van der Waals surface area (Å²) in [6.07, 6.45) is -3.71. The Bertz CT molecular complexity index is 1160. The molecule has 2 aromatic carbocycles. The Morgan fingerprint density at radius 3 is 2.44 bits per heavy atom. The van der Waals surface area contributed by atoms with Crippen molar-refractivity contribution in [2.45, 2.75) is 12.6 Å². The number of nitrogens with one attached hydrogen (secondary N) is 1. The number of nitrogens with zero attached hydrogens (tertiary/aromatic N) is 3. The number of hydrogen-bond donors (Lipinski definition) is 1. The lowest BCUT2D eigenvalue weighted by atomic mass is 10.1. The van der Waals surface area contributed by atoms with Crippen LogP contribution in [0.1, 0.15) is 12.0 Å². The van der Waals surface area contributed by atoms with E-state index in [0.717, 1.165) is 24.4 Å². The monoisotopic (exact) mass is 486 g/mol. The topological polar surface area (TPSA) is 54.2 Å². The number of halogens is 5. The largest absolute Gasteiger partial charge is 0.453 e. The smallest absolute Gasteiger partial charge is 0.418 e. The number of benzene rings is 2. The lowest BCUT2D eigenvalue weighted by Crippen LogP contribution is -2.17. The molecular formula is C22H23Cl2F3N4O. The Morgan fingerprint density at radius 2 is 1.75 bits per heavy atom. The van der Waals surface area contributed by atoms with Crippen LogP contribution in [0.25, 0.3) is 33.5 Å². The highest BCUT2D eigenvalue weighted by Crippen LogP contribution is 2.37. The summed E-state index contributed by atoms with van der Waals surface area (Å²) in [4.78, 5) is 10.8. The van der Waals surface area contributed by atoms with Crippen LogP contribution in [0.5, 0.6) is 0 Å². The van der Waals surface area contributed by atoms with Gasteiger partial charge in [-0.1, -0.05) is 24.3 Å². The lowest BCUT2D eigenvalue weighted by Gasteiger charge is -2.15. The highest BCUT2D eigenvalue weighted by Gasteiger charge is 2.34. The van der Waals surface area contributed by atoms with Crippen LogP contribution in [-0.2, 0) is 6.18 Å². The summed E-state index contributed by atoms with van der Waals surface area (Å²) in [6, 6.07) is 13.1. The zero-order valence-electron chi connectivity index (χ0n) is 17.4. The predicted molar refractivity (Wildman–Crippen MR) is 126 cm³/mol. The molecule has 0 fully saturated rings. The fourth-order valence-corrected chi connectivity index (χ4v) is 3.32. The molecule has 4 aromatic rings. The van der Waals surface area contributed by atoms with Crippen molar-refractivity contribution in [1.29, 1.82) is 0 Å². The Kier molecular flexibility index (Phi) is 8.34. The molecule has 2 aromatic heterocycles. The van der Waals surface area contributed by atoms with Crippen molar-refractivity contribution in [3.63, 3.8) is 0 Å². The Labute approximate surface area is 195 Å². The van der Waals surface area contributed by atoms with Crippen molar-refractivity contribution in [2.24, 2.45) is 0 Å². The van der Waals surface area contributed by atoms with Crippen LogP contribution in [0.15, 0.2) is 52.9 Å². The third kappa shape index (κ3) is 5.43. The first-order valence-corrected chi connectivity index (χ1v) is 9.58. The van der Waals surface area contributed by atoms with E-state index in [1.807, 2.05) is 37.2 Å². The van der Waals surface area contributed by atoms with E-state index in [-0.39, 0.29) is 36.2 Å². The van der Waals surface area contributed by atoms with E-state index in [0.29, 0.717) is 29.1 Å². The number of fused-ring (bicyclic) bond motifs is 2. The van der Waals surface area contributed by atoms with Crippen LogP contribution in [0.3, 0.4) is 0 Å². The molecule has 0 unspecified atom stereocenters. The minimum atomic E-state index is -4.53. The molecular weight excluding hydrogens is 464 g/mol. The summed E-state index contributed by atoms with van der Waals surface area (Å²) in [7, 11) is 3.94. The Hall–Kier alpha value is -2.55. The normalized spacial score (nSPS) is 11.4. The first kappa shape index (κ1) is 25.7. The van der Waals surface area contributed by atoms with Crippen molar-refractivity contribution >= 4 is 52.5 Å². The van der Waals surface area contributed by atoms with E-state index in [1.54, 1.807) is 18.2 Å². The van der Waals surface area contributed by atoms with E-state index < -0.39 is 11.7 Å². The van der Waals surface area contributed by atoms with Gasteiger partial charge in [0.05, 0.1) is 11.1 Å². The minimum Gasteiger partial charge on any atom is -0.453 e. The van der Waals surface area contributed by atoms with Gasteiger partial charge < -0.3 is 14.6 Å². The lowest BCUT2D eigenvalue weighted by molar-refractivity contribution is -0.136. The highest BCUT2D eigenvalue weighted by molar-refractivity contribution is 5.93. The highest BCUT2D eigenvalue weighted by atomic mass is 35.5. The predicted octanol–water partition coefficient (Wildman–Crippen LogP) is 6.27. The molecule has 172 valence electrons. The SMILES string of the molecule is CN(C)CCCNc1nc(-c2cc3ccccc3o2)nc2c(C(F)(F)F)cccc12.Cl.Cl. The number of anilines is 1. The molecule has 0 saturated carbocycles. The molecule has 2 heterocycles. The molecule has 0 atom stereocenters. The molecule has 0 amide bonds. The van der Waals surface area contributed by atoms with Crippen LogP contribution in [0.4, 0.5) is 19.0 Å². The van der Waals surface area contributed by atoms with E-state index in [1.165, 1.54) is 6.07 Å². The standard InChI is InChI=1S/C22H21F3N4O.2ClH/c1-29(2)12-6-11-26-20-15-8-5-9-16(22(23,24)25)19(15)27-21(28-20)18-13-14-7-3-4-10-17(14)30-18;;/h3-5,7-10,13H,6,11-12H2,1-2H3,(H,26,27,28);2*1H. The van der Waals surface area contributed by atoms with Gasteiger partial charge in [0.1, 0.15) is 11.4 Å². The van der Waals surface area contributed by atoms with Gasteiger partial charge in [0, 0.05) is 17.3 Å². The fourth-order valence-electron chi connectivity index (χ4n) is 3.32. The Balaban J connectivity index is 0.00000181. The second-order valence-electron chi connectivity index (χ2n) is 7.33. The molecule has 0 radical (unpaired) electrons. The zero-order chi connectivity index (χ0) is 21.3. The molecule has 10 heteroatoms. The van der Waals surface area contributed by atoms with Crippen molar-refractivity contribution in [3.8, 4) is 11.6 Å². The van der Waals surface area contributed by atoms with Crippen LogP contribution in [0, 0.1) is 0 Å². The zero-order valence-corrected chi connectivity index (χ0v) is 19.1. The average Bonchev–Trinajstić information content (AvgIpc) is 3.14. The maximum Gasteiger partial charge on any atom is 0.418 e. The molecule has 0 aliphatic carbocycles. The number of aromatic nitrogens is 2. The van der Waals surface area contributed by atoms with E-state index >= 15 is 0 Å². The summed E-state index contributed by atoms with van der Waals surface area (Å²) in [6.45, 7) is 1.42. The van der Waals surface area contributed by atoms with Gasteiger partial charge in [0.15, 0.2) is 11.6 Å². The van der Waals surface area contributed by atoms with Gasteiger partial charge in [-0.05, 0) is 51.3 Å². The van der Waals surface area contributed by atoms with Gasteiger partial charge in [0.2, 0.25) is 0 Å². The molecule has 4 rings (SSSR count). The quantitative estimate of drug-likeness (QED) is 0.325. The molecule has 1 N–H and O–H groups in total. The van der Waals surface area contributed by atoms with Crippen LogP contribution < -0.4 is 5.32 Å². The third-order valence-corrected chi connectivity index (χ3v) is 4.75. The van der Waals surface area contributed by atoms with Gasteiger partial charge in [0.25, 0.3) is 0 Å². The van der Waals surface area contributed by atoms with Crippen LogP contribution in [0.2, 0.25) is 0 Å². The van der Waals surface area contributed by atoms with Gasteiger partial charge in [-0.3, -0.25) is 0 Å². The van der Waals surface area contributed by atoms with Gasteiger partial charge in [-0.2, -0.15) is 13.2 Å². The van der Waals surface area contributed by atoms with Crippen molar-refractivity contribution in [3.05, 3.63) is 54.1 Å².